The van der Waals surface area contributed by atoms with Crippen LogP contribution < -0.4 is 0 Å². The minimum absolute atomic E-state index is 0.0866. The van der Waals surface area contributed by atoms with Gasteiger partial charge in [-0.2, -0.15) is 0 Å². The number of nitrogens with zero attached hydrogens (tertiary/aromatic N) is 2. The summed E-state index contributed by atoms with van der Waals surface area (Å²) in [5.74, 6) is 1.07. The molecule has 0 bridgehead atoms. The first-order valence-corrected chi connectivity index (χ1v) is 5.31. The Morgan fingerprint density at radius 3 is 1.92 bits per heavy atom. The van der Waals surface area contributed by atoms with Gasteiger partial charge in [0.1, 0.15) is 15.0 Å². The molecule has 12 heavy (non-hydrogen) atoms. The summed E-state index contributed by atoms with van der Waals surface area (Å²) in [7, 11) is 2.00. The molecule has 1 heterocycles. The number of rotatable bonds is 0. The molecule has 0 aliphatic carbocycles. The van der Waals surface area contributed by atoms with Crippen molar-refractivity contribution in [1.29, 1.82) is 0 Å². The van der Waals surface area contributed by atoms with Gasteiger partial charge in [-0.1, -0.05) is 20.8 Å². The Kier molecular flexibility index (Phi) is 2.69. The van der Waals surface area contributed by atoms with Crippen LogP contribution in [0.4, 0.5) is 0 Å². The molecule has 0 aromatic carbocycles. The van der Waals surface area contributed by atoms with Crippen LogP contribution in [-0.2, 0) is 12.5 Å². The van der Waals surface area contributed by atoms with E-state index in [0.29, 0.717) is 0 Å². The highest BCUT2D eigenvalue weighted by molar-refractivity contribution is 9.13. The van der Waals surface area contributed by atoms with Gasteiger partial charge in [-0.05, 0) is 31.9 Å². The number of imidazole rings is 1. The zero-order valence-electron chi connectivity index (χ0n) is 7.65. The third-order valence-corrected chi connectivity index (χ3v) is 3.65. The minimum Gasteiger partial charge on any atom is -0.324 e. The Balaban J connectivity index is 3.28. The molecule has 1 rings (SSSR count). The van der Waals surface area contributed by atoms with Gasteiger partial charge in [0.05, 0.1) is 0 Å². The molecule has 4 heteroatoms. The number of hydrogen-bond donors (Lipinski definition) is 0. The molecule has 0 unspecified atom stereocenters. The smallest absolute Gasteiger partial charge is 0.139 e. The molecule has 1 aromatic rings. The Morgan fingerprint density at radius 2 is 1.75 bits per heavy atom. The molecule has 0 saturated heterocycles. The van der Waals surface area contributed by atoms with Gasteiger partial charge < -0.3 is 4.57 Å². The highest BCUT2D eigenvalue weighted by atomic mass is 79.9. The van der Waals surface area contributed by atoms with Gasteiger partial charge in [-0.3, -0.25) is 0 Å². The van der Waals surface area contributed by atoms with Crippen molar-refractivity contribution in [2.24, 2.45) is 7.05 Å². The van der Waals surface area contributed by atoms with Crippen LogP contribution in [0.5, 0.6) is 0 Å². The first-order valence-electron chi connectivity index (χ1n) is 3.72. The molecule has 68 valence electrons. The Hall–Kier alpha value is 0.170. The summed E-state index contributed by atoms with van der Waals surface area (Å²) in [5, 5.41) is 0. The van der Waals surface area contributed by atoms with Crippen LogP contribution in [0.15, 0.2) is 9.21 Å². The van der Waals surface area contributed by atoms with E-state index in [1.165, 1.54) is 0 Å². The van der Waals surface area contributed by atoms with Gasteiger partial charge >= 0.3 is 0 Å². The topological polar surface area (TPSA) is 17.8 Å². The summed E-state index contributed by atoms with van der Waals surface area (Å²) in [6.07, 6.45) is 0. The molecule has 1 aromatic heterocycles. The van der Waals surface area contributed by atoms with E-state index in [2.05, 4.69) is 57.6 Å². The molecule has 2 nitrogen and oxygen atoms in total. The van der Waals surface area contributed by atoms with Gasteiger partial charge in [0.15, 0.2) is 0 Å². The summed E-state index contributed by atoms with van der Waals surface area (Å²) in [5.41, 5.74) is 0.0866. The predicted molar refractivity (Wildman–Crippen MR) is 57.3 cm³/mol. The average molecular weight is 296 g/mol. The lowest BCUT2D eigenvalue weighted by molar-refractivity contribution is 0.520. The maximum atomic E-state index is 4.41. The van der Waals surface area contributed by atoms with Crippen molar-refractivity contribution >= 4 is 31.9 Å². The van der Waals surface area contributed by atoms with Crippen LogP contribution in [0.1, 0.15) is 26.6 Å². The van der Waals surface area contributed by atoms with Gasteiger partial charge in [-0.25, -0.2) is 4.98 Å². The summed E-state index contributed by atoms with van der Waals surface area (Å²) < 4.78 is 3.91. The summed E-state index contributed by atoms with van der Waals surface area (Å²) >= 11 is 6.83. The van der Waals surface area contributed by atoms with E-state index in [0.717, 1.165) is 15.0 Å². The standard InChI is InChI=1S/C8H12Br2N2/c1-8(2,3)7-11-5(9)6(10)12(7)4/h1-4H3. The lowest BCUT2D eigenvalue weighted by Crippen LogP contribution is -2.17. The number of halogens is 2. The van der Waals surface area contributed by atoms with Crippen molar-refractivity contribution in [3.63, 3.8) is 0 Å². The van der Waals surface area contributed by atoms with Gasteiger partial charge in [-0.15, -0.1) is 0 Å². The molecule has 0 aliphatic rings. The SMILES string of the molecule is Cn1c(C(C)(C)C)nc(Br)c1Br. The fourth-order valence-electron chi connectivity index (χ4n) is 1.12. The van der Waals surface area contributed by atoms with Crippen molar-refractivity contribution in [3.8, 4) is 0 Å². The molecule has 0 atom stereocenters. The van der Waals surface area contributed by atoms with Crippen molar-refractivity contribution in [2.45, 2.75) is 26.2 Å². The predicted octanol–water partition coefficient (Wildman–Crippen LogP) is 3.24. The van der Waals surface area contributed by atoms with Crippen LogP contribution in [-0.4, -0.2) is 9.55 Å². The second-order valence-electron chi connectivity index (χ2n) is 3.83. The van der Waals surface area contributed by atoms with Crippen LogP contribution in [0.25, 0.3) is 0 Å². The fourth-order valence-corrected chi connectivity index (χ4v) is 1.81. The quantitative estimate of drug-likeness (QED) is 0.718. The molecule has 0 radical (unpaired) electrons. The van der Waals surface area contributed by atoms with Crippen LogP contribution >= 0.6 is 31.9 Å². The molecule has 0 amide bonds. The third kappa shape index (κ3) is 1.74. The maximum Gasteiger partial charge on any atom is 0.139 e. The minimum atomic E-state index is 0.0866. The molecule has 0 fully saturated rings. The summed E-state index contributed by atoms with van der Waals surface area (Å²) in [6.45, 7) is 6.44. The van der Waals surface area contributed by atoms with Crippen LogP contribution in [0, 0.1) is 0 Å². The van der Waals surface area contributed by atoms with E-state index in [1.54, 1.807) is 0 Å². The van der Waals surface area contributed by atoms with Crippen LogP contribution in [0.3, 0.4) is 0 Å². The molecule has 0 N–H and O–H groups in total. The normalized spacial score (nSPS) is 12.2. The first-order chi connectivity index (χ1) is 5.34. The van der Waals surface area contributed by atoms with Crippen molar-refractivity contribution < 1.29 is 0 Å². The van der Waals surface area contributed by atoms with E-state index in [-0.39, 0.29) is 5.41 Å². The van der Waals surface area contributed by atoms with E-state index >= 15 is 0 Å². The summed E-state index contributed by atoms with van der Waals surface area (Å²) in [6, 6.07) is 0. The highest BCUT2D eigenvalue weighted by Gasteiger charge is 2.22. The van der Waals surface area contributed by atoms with E-state index in [4.69, 9.17) is 0 Å². The van der Waals surface area contributed by atoms with Crippen molar-refractivity contribution in [1.82, 2.24) is 9.55 Å². The lowest BCUT2D eigenvalue weighted by Gasteiger charge is -2.17. The molecule has 0 spiro atoms. The molecule has 0 saturated carbocycles. The monoisotopic (exact) mass is 294 g/mol. The lowest BCUT2D eigenvalue weighted by atomic mass is 9.96. The van der Waals surface area contributed by atoms with E-state index in [1.807, 2.05) is 11.6 Å². The Labute approximate surface area is 89.6 Å². The van der Waals surface area contributed by atoms with Gasteiger partial charge in [0.25, 0.3) is 0 Å². The molecule has 0 aliphatic heterocycles. The third-order valence-electron chi connectivity index (χ3n) is 1.66. The Bertz CT molecular complexity index is 297. The zero-order chi connectivity index (χ0) is 9.52. The van der Waals surface area contributed by atoms with Gasteiger partial charge in [0.2, 0.25) is 0 Å². The van der Waals surface area contributed by atoms with E-state index < -0.39 is 0 Å². The molecular weight excluding hydrogens is 284 g/mol. The number of hydrogen-bond acceptors (Lipinski definition) is 1. The fraction of sp³-hybridized carbons (Fsp3) is 0.625. The van der Waals surface area contributed by atoms with Crippen molar-refractivity contribution in [2.75, 3.05) is 0 Å². The second kappa shape index (κ2) is 3.14. The van der Waals surface area contributed by atoms with Gasteiger partial charge in [0, 0.05) is 12.5 Å². The van der Waals surface area contributed by atoms with Crippen molar-refractivity contribution in [3.05, 3.63) is 15.0 Å². The highest BCUT2D eigenvalue weighted by Crippen LogP contribution is 2.29. The first kappa shape index (κ1) is 10.3. The average Bonchev–Trinajstić information content (AvgIpc) is 2.15. The van der Waals surface area contributed by atoms with E-state index in [9.17, 15) is 0 Å². The molecular formula is C8H12Br2N2. The summed E-state index contributed by atoms with van der Waals surface area (Å²) in [4.78, 5) is 4.41. The maximum absolute atomic E-state index is 4.41. The number of aromatic nitrogens is 2. The van der Waals surface area contributed by atoms with Crippen LogP contribution in [0.2, 0.25) is 0 Å². The Morgan fingerprint density at radius 1 is 1.25 bits per heavy atom. The zero-order valence-corrected chi connectivity index (χ0v) is 10.8. The second-order valence-corrected chi connectivity index (χ2v) is 5.33. The largest absolute Gasteiger partial charge is 0.324 e.